The van der Waals surface area contributed by atoms with Crippen LogP contribution in [0, 0.1) is 5.92 Å². The van der Waals surface area contributed by atoms with Gasteiger partial charge in [-0.2, -0.15) is 0 Å². The molecule has 1 fully saturated rings. The first kappa shape index (κ1) is 23.9. The minimum atomic E-state index is -0.0997. The number of guanidine groups is 1. The Balaban J connectivity index is 0.00000576. The number of unbranched alkanes of at least 4 members (excludes halogenated alkanes) is 1. The number of halogens is 1. The highest BCUT2D eigenvalue weighted by Crippen LogP contribution is 2.18. The molecule has 0 aromatic rings. The third kappa shape index (κ3) is 8.73. The van der Waals surface area contributed by atoms with Gasteiger partial charge in [-0.05, 0) is 26.2 Å². The monoisotopic (exact) mass is 468 g/mol. The summed E-state index contributed by atoms with van der Waals surface area (Å²) in [6.45, 7) is 6.87. The summed E-state index contributed by atoms with van der Waals surface area (Å²) in [5.74, 6) is 0.617. The quantitative estimate of drug-likeness (QED) is 0.203. The van der Waals surface area contributed by atoms with Crippen molar-refractivity contribution in [1.82, 2.24) is 15.1 Å². The van der Waals surface area contributed by atoms with Crippen LogP contribution >= 0.6 is 24.0 Å². The predicted octanol–water partition coefficient (Wildman–Crippen LogP) is 1.71. The lowest BCUT2D eigenvalue weighted by molar-refractivity contribution is -0.149. The Bertz CT molecular complexity index is 436. The maximum absolute atomic E-state index is 11.8. The third-order valence-corrected chi connectivity index (χ3v) is 4.09. The van der Waals surface area contributed by atoms with Crippen LogP contribution in [0.4, 0.5) is 0 Å². The Morgan fingerprint density at radius 1 is 1.24 bits per heavy atom. The van der Waals surface area contributed by atoms with Crippen molar-refractivity contribution >= 4 is 41.8 Å². The third-order valence-electron chi connectivity index (χ3n) is 4.09. The summed E-state index contributed by atoms with van der Waals surface area (Å²) in [4.78, 5) is 31.8. The zero-order chi connectivity index (χ0) is 17.9. The molecule has 0 atom stereocenters. The number of likely N-dealkylation sites (N-methyl/N-ethyl adjacent to an activating group) is 1. The molecule has 1 aliphatic heterocycles. The number of amides is 1. The summed E-state index contributed by atoms with van der Waals surface area (Å²) in [5, 5.41) is 3.34. The molecule has 1 N–H and O–H groups in total. The molecule has 1 saturated heterocycles. The first-order chi connectivity index (χ1) is 11.5. The van der Waals surface area contributed by atoms with Crippen LogP contribution in [0.2, 0.25) is 0 Å². The molecule has 0 radical (unpaired) electrons. The van der Waals surface area contributed by atoms with Crippen molar-refractivity contribution in [2.75, 3.05) is 46.9 Å². The molecule has 0 aliphatic carbocycles. The molecule has 0 spiro atoms. The van der Waals surface area contributed by atoms with E-state index in [1.807, 2.05) is 6.92 Å². The lowest BCUT2D eigenvalue weighted by Crippen LogP contribution is -2.47. The normalized spacial score (nSPS) is 15.4. The number of carbonyl (C=O) groups is 2. The van der Waals surface area contributed by atoms with E-state index in [0.29, 0.717) is 6.61 Å². The molecule has 1 amide bonds. The zero-order valence-corrected chi connectivity index (χ0v) is 18.2. The lowest BCUT2D eigenvalue weighted by atomic mass is 9.97. The summed E-state index contributed by atoms with van der Waals surface area (Å²) in [6.07, 6.45) is 3.67. The van der Waals surface area contributed by atoms with Gasteiger partial charge in [-0.3, -0.25) is 9.59 Å². The predicted molar refractivity (Wildman–Crippen MR) is 110 cm³/mol. The standard InChI is InChI=1S/C17H32N4O3.HI/c1-5-7-10-18-17(19-13-15(22)20(3)4)21-11-8-14(9-12-21)16(23)24-6-2;/h14H,5-13H2,1-4H3,(H,18,19);1H. The van der Waals surface area contributed by atoms with E-state index in [0.717, 1.165) is 51.3 Å². The Morgan fingerprint density at radius 2 is 1.88 bits per heavy atom. The van der Waals surface area contributed by atoms with E-state index in [4.69, 9.17) is 4.74 Å². The number of hydrogen-bond acceptors (Lipinski definition) is 4. The molecular weight excluding hydrogens is 435 g/mol. The van der Waals surface area contributed by atoms with Gasteiger partial charge >= 0.3 is 5.97 Å². The van der Waals surface area contributed by atoms with Crippen molar-refractivity contribution in [3.63, 3.8) is 0 Å². The van der Waals surface area contributed by atoms with E-state index in [1.54, 1.807) is 19.0 Å². The van der Waals surface area contributed by atoms with Crippen LogP contribution in [0.1, 0.15) is 39.5 Å². The lowest BCUT2D eigenvalue weighted by Gasteiger charge is -2.33. The second-order valence-corrected chi connectivity index (χ2v) is 6.22. The molecule has 1 heterocycles. The fourth-order valence-electron chi connectivity index (χ4n) is 2.52. The second kappa shape index (κ2) is 13.2. The highest BCUT2D eigenvalue weighted by Gasteiger charge is 2.27. The number of likely N-dealkylation sites (tertiary alicyclic amines) is 1. The highest BCUT2D eigenvalue weighted by molar-refractivity contribution is 14.0. The topological polar surface area (TPSA) is 74.2 Å². The summed E-state index contributed by atoms with van der Waals surface area (Å²) in [6, 6.07) is 0. The molecule has 0 aromatic heterocycles. The van der Waals surface area contributed by atoms with Gasteiger partial charge in [-0.1, -0.05) is 13.3 Å². The van der Waals surface area contributed by atoms with Gasteiger partial charge in [-0.15, -0.1) is 24.0 Å². The van der Waals surface area contributed by atoms with E-state index in [-0.39, 0.29) is 48.3 Å². The second-order valence-electron chi connectivity index (χ2n) is 6.22. The number of rotatable bonds is 7. The van der Waals surface area contributed by atoms with Crippen molar-refractivity contribution in [2.45, 2.75) is 39.5 Å². The Kier molecular flexibility index (Phi) is 12.6. The fraction of sp³-hybridized carbons (Fsp3) is 0.824. The van der Waals surface area contributed by atoms with Crippen molar-refractivity contribution in [1.29, 1.82) is 0 Å². The number of piperidine rings is 1. The van der Waals surface area contributed by atoms with Crippen LogP contribution in [-0.4, -0.2) is 74.5 Å². The number of ether oxygens (including phenoxy) is 1. The first-order valence-electron chi connectivity index (χ1n) is 8.89. The van der Waals surface area contributed by atoms with Crippen molar-refractivity contribution in [3.8, 4) is 0 Å². The zero-order valence-electron chi connectivity index (χ0n) is 15.9. The number of hydrogen-bond donors (Lipinski definition) is 1. The molecular formula is C17H33IN4O3. The van der Waals surface area contributed by atoms with Crippen LogP contribution in [0.3, 0.4) is 0 Å². The molecule has 0 unspecified atom stereocenters. The number of nitrogens with one attached hydrogen (secondary N) is 1. The molecule has 0 aromatic carbocycles. The van der Waals surface area contributed by atoms with E-state index in [9.17, 15) is 9.59 Å². The molecule has 7 nitrogen and oxygen atoms in total. The number of aliphatic imine (C=N–C) groups is 1. The van der Waals surface area contributed by atoms with Crippen molar-refractivity contribution < 1.29 is 14.3 Å². The van der Waals surface area contributed by atoms with Crippen LogP contribution in [0.15, 0.2) is 4.99 Å². The fourth-order valence-corrected chi connectivity index (χ4v) is 2.52. The largest absolute Gasteiger partial charge is 0.466 e. The minimum Gasteiger partial charge on any atom is -0.466 e. The van der Waals surface area contributed by atoms with Crippen LogP contribution in [0.5, 0.6) is 0 Å². The molecule has 25 heavy (non-hydrogen) atoms. The summed E-state index contributed by atoms with van der Waals surface area (Å²) in [7, 11) is 3.46. The molecule has 1 aliphatic rings. The summed E-state index contributed by atoms with van der Waals surface area (Å²) in [5.41, 5.74) is 0. The van der Waals surface area contributed by atoms with Gasteiger partial charge in [0.15, 0.2) is 5.96 Å². The van der Waals surface area contributed by atoms with Gasteiger partial charge in [-0.25, -0.2) is 4.99 Å². The van der Waals surface area contributed by atoms with Gasteiger partial charge in [0.1, 0.15) is 6.54 Å². The average Bonchev–Trinajstić information content (AvgIpc) is 2.58. The number of nitrogens with zero attached hydrogens (tertiary/aromatic N) is 3. The molecule has 0 bridgehead atoms. The number of carbonyl (C=O) groups excluding carboxylic acids is 2. The van der Waals surface area contributed by atoms with E-state index >= 15 is 0 Å². The van der Waals surface area contributed by atoms with Crippen LogP contribution in [-0.2, 0) is 14.3 Å². The van der Waals surface area contributed by atoms with Gasteiger partial charge in [0.2, 0.25) is 5.91 Å². The maximum atomic E-state index is 11.8. The van der Waals surface area contributed by atoms with Crippen LogP contribution in [0.25, 0.3) is 0 Å². The first-order valence-corrected chi connectivity index (χ1v) is 8.89. The maximum Gasteiger partial charge on any atom is 0.309 e. The summed E-state index contributed by atoms with van der Waals surface area (Å²) < 4.78 is 5.11. The van der Waals surface area contributed by atoms with Gasteiger partial charge in [0.25, 0.3) is 0 Å². The number of esters is 1. The minimum absolute atomic E-state index is 0. The van der Waals surface area contributed by atoms with Gasteiger partial charge in [0, 0.05) is 33.7 Å². The van der Waals surface area contributed by atoms with Gasteiger partial charge < -0.3 is 19.9 Å². The Morgan fingerprint density at radius 3 is 2.40 bits per heavy atom. The smallest absolute Gasteiger partial charge is 0.309 e. The molecule has 0 saturated carbocycles. The van der Waals surface area contributed by atoms with Crippen molar-refractivity contribution in [3.05, 3.63) is 0 Å². The van der Waals surface area contributed by atoms with E-state index in [1.165, 1.54) is 0 Å². The highest BCUT2D eigenvalue weighted by atomic mass is 127. The molecule has 8 heteroatoms. The SMILES string of the molecule is CCCCNC(=NCC(=O)N(C)C)N1CCC(C(=O)OCC)CC1.I. The molecule has 1 rings (SSSR count). The Hall–Kier alpha value is -1.06. The van der Waals surface area contributed by atoms with E-state index < -0.39 is 0 Å². The van der Waals surface area contributed by atoms with E-state index in [2.05, 4.69) is 22.1 Å². The average molecular weight is 468 g/mol. The Labute approximate surface area is 168 Å². The summed E-state index contributed by atoms with van der Waals surface area (Å²) >= 11 is 0. The van der Waals surface area contributed by atoms with Crippen LogP contribution < -0.4 is 5.32 Å². The van der Waals surface area contributed by atoms with Crippen molar-refractivity contribution in [2.24, 2.45) is 10.9 Å². The molecule has 146 valence electrons. The van der Waals surface area contributed by atoms with Gasteiger partial charge in [0.05, 0.1) is 12.5 Å².